The third-order valence-electron chi connectivity index (χ3n) is 3.23. The van der Waals surface area contributed by atoms with Crippen molar-refractivity contribution < 1.29 is 14.3 Å². The number of carbonyl (C=O) groups is 2. The van der Waals surface area contributed by atoms with Gasteiger partial charge in [-0.2, -0.15) is 0 Å². The van der Waals surface area contributed by atoms with Crippen molar-refractivity contribution in [2.45, 2.75) is 25.9 Å². The maximum atomic E-state index is 11.9. The van der Waals surface area contributed by atoms with Crippen molar-refractivity contribution in [2.24, 2.45) is 0 Å². The predicted octanol–water partition coefficient (Wildman–Crippen LogP) is 3.95. The average Bonchev–Trinajstić information content (AvgIpc) is 2.54. The van der Waals surface area contributed by atoms with E-state index in [9.17, 15) is 9.59 Å². The van der Waals surface area contributed by atoms with Gasteiger partial charge in [-0.25, -0.2) is 0 Å². The van der Waals surface area contributed by atoms with Crippen LogP contribution in [0, 0.1) is 0 Å². The highest BCUT2D eigenvalue weighted by molar-refractivity contribution is 5.97. The number of carbonyl (C=O) groups excluding carboxylic acids is 2. The number of benzene rings is 2. The molecule has 0 aliphatic heterocycles. The van der Waals surface area contributed by atoms with Crippen LogP contribution in [0.1, 0.15) is 41.8 Å². The second-order valence-corrected chi connectivity index (χ2v) is 4.83. The summed E-state index contributed by atoms with van der Waals surface area (Å²) in [6, 6.07) is 18.5. The summed E-state index contributed by atoms with van der Waals surface area (Å²) in [5, 5.41) is 0. The molecule has 0 aromatic heterocycles. The number of ketones is 1. The van der Waals surface area contributed by atoms with Crippen LogP contribution in [0.2, 0.25) is 0 Å². The van der Waals surface area contributed by atoms with Gasteiger partial charge in [-0.1, -0.05) is 60.7 Å². The molecule has 0 heterocycles. The zero-order chi connectivity index (χ0) is 15.1. The van der Waals surface area contributed by atoms with Crippen molar-refractivity contribution in [3.05, 3.63) is 71.8 Å². The quantitative estimate of drug-likeness (QED) is 0.595. The van der Waals surface area contributed by atoms with Gasteiger partial charge in [-0.3, -0.25) is 9.59 Å². The van der Waals surface area contributed by atoms with Crippen LogP contribution in [0.5, 0.6) is 0 Å². The largest absolute Gasteiger partial charge is 0.458 e. The van der Waals surface area contributed by atoms with Crippen LogP contribution in [-0.4, -0.2) is 11.8 Å². The maximum absolute atomic E-state index is 11.9. The zero-order valence-electron chi connectivity index (χ0n) is 12.0. The number of esters is 1. The molecule has 0 radical (unpaired) electrons. The fourth-order valence-electron chi connectivity index (χ4n) is 2.03. The SMILES string of the molecule is CC(OC(=O)CCC(=O)c1ccccc1)c1ccccc1. The van der Waals surface area contributed by atoms with Gasteiger partial charge in [0.05, 0.1) is 6.42 Å². The predicted molar refractivity (Wildman–Crippen MR) is 81.0 cm³/mol. The first-order valence-corrected chi connectivity index (χ1v) is 6.99. The molecule has 21 heavy (non-hydrogen) atoms. The van der Waals surface area contributed by atoms with Crippen molar-refractivity contribution >= 4 is 11.8 Å². The molecule has 3 heteroatoms. The Morgan fingerprint density at radius 2 is 1.48 bits per heavy atom. The lowest BCUT2D eigenvalue weighted by atomic mass is 10.1. The highest BCUT2D eigenvalue weighted by Gasteiger charge is 2.13. The van der Waals surface area contributed by atoms with Crippen LogP contribution in [0.3, 0.4) is 0 Å². The lowest BCUT2D eigenvalue weighted by Crippen LogP contribution is -2.11. The number of rotatable bonds is 6. The van der Waals surface area contributed by atoms with Gasteiger partial charge in [0.25, 0.3) is 0 Å². The van der Waals surface area contributed by atoms with E-state index in [-0.39, 0.29) is 30.7 Å². The molecule has 0 saturated carbocycles. The van der Waals surface area contributed by atoms with E-state index >= 15 is 0 Å². The van der Waals surface area contributed by atoms with Gasteiger partial charge in [0.1, 0.15) is 6.10 Å². The minimum absolute atomic E-state index is 0.0417. The molecule has 3 nitrogen and oxygen atoms in total. The first-order valence-electron chi connectivity index (χ1n) is 6.99. The topological polar surface area (TPSA) is 43.4 Å². The van der Waals surface area contributed by atoms with Crippen LogP contribution >= 0.6 is 0 Å². The molecule has 0 bridgehead atoms. The van der Waals surface area contributed by atoms with Crippen molar-refractivity contribution in [3.8, 4) is 0 Å². The van der Waals surface area contributed by atoms with E-state index in [1.54, 1.807) is 12.1 Å². The molecule has 108 valence electrons. The number of ether oxygens (including phenoxy) is 1. The summed E-state index contributed by atoms with van der Waals surface area (Å²) in [6.07, 6.45) is -0.0274. The molecule has 0 amide bonds. The smallest absolute Gasteiger partial charge is 0.306 e. The monoisotopic (exact) mass is 282 g/mol. The molecule has 2 aromatic rings. The molecule has 1 unspecified atom stereocenters. The second-order valence-electron chi connectivity index (χ2n) is 4.83. The Balaban J connectivity index is 1.81. The minimum Gasteiger partial charge on any atom is -0.458 e. The first-order chi connectivity index (χ1) is 10.2. The molecule has 0 fully saturated rings. The lowest BCUT2D eigenvalue weighted by Gasteiger charge is -2.13. The summed E-state index contributed by atoms with van der Waals surface area (Å²) < 4.78 is 5.33. The Bertz CT molecular complexity index is 590. The van der Waals surface area contributed by atoms with Crippen molar-refractivity contribution in [2.75, 3.05) is 0 Å². The van der Waals surface area contributed by atoms with Crippen LogP contribution < -0.4 is 0 Å². The average molecular weight is 282 g/mol. The minimum atomic E-state index is -0.351. The molecule has 0 spiro atoms. The molecular formula is C18H18O3. The third kappa shape index (κ3) is 4.56. The van der Waals surface area contributed by atoms with Gasteiger partial charge in [-0.05, 0) is 12.5 Å². The number of Topliss-reactive ketones (excluding diaryl/α,β-unsaturated/α-hetero) is 1. The van der Waals surface area contributed by atoms with Gasteiger partial charge in [0.2, 0.25) is 0 Å². The van der Waals surface area contributed by atoms with Gasteiger partial charge in [0, 0.05) is 12.0 Å². The Labute approximate surface area is 124 Å². The van der Waals surface area contributed by atoms with E-state index in [0.29, 0.717) is 5.56 Å². The van der Waals surface area contributed by atoms with Crippen LogP contribution in [-0.2, 0) is 9.53 Å². The Morgan fingerprint density at radius 3 is 2.10 bits per heavy atom. The summed E-state index contributed by atoms with van der Waals surface area (Å²) in [5.41, 5.74) is 1.57. The standard InChI is InChI=1S/C18H18O3/c1-14(15-8-4-2-5-9-15)21-18(20)13-12-17(19)16-10-6-3-7-11-16/h2-11,14H,12-13H2,1H3. The molecule has 0 aliphatic rings. The molecule has 1 atom stereocenters. The van der Waals surface area contributed by atoms with Gasteiger partial charge in [0.15, 0.2) is 5.78 Å². The zero-order valence-corrected chi connectivity index (χ0v) is 12.0. The fraction of sp³-hybridized carbons (Fsp3) is 0.222. The van der Waals surface area contributed by atoms with Crippen molar-refractivity contribution in [1.29, 1.82) is 0 Å². The molecule has 0 N–H and O–H groups in total. The molecule has 2 aromatic carbocycles. The first kappa shape index (κ1) is 15.0. The van der Waals surface area contributed by atoms with Crippen LogP contribution in [0.4, 0.5) is 0 Å². The molecule has 0 aliphatic carbocycles. The summed E-state index contributed by atoms with van der Waals surface area (Å²) in [4.78, 5) is 23.7. The highest BCUT2D eigenvalue weighted by atomic mass is 16.5. The summed E-state index contributed by atoms with van der Waals surface area (Å²) in [5.74, 6) is -0.393. The van der Waals surface area contributed by atoms with Gasteiger partial charge >= 0.3 is 5.97 Å². The van der Waals surface area contributed by atoms with E-state index in [2.05, 4.69) is 0 Å². The second kappa shape index (κ2) is 7.39. The third-order valence-corrected chi connectivity index (χ3v) is 3.23. The lowest BCUT2D eigenvalue weighted by molar-refractivity contribution is -0.148. The van der Waals surface area contributed by atoms with Crippen LogP contribution in [0.25, 0.3) is 0 Å². The van der Waals surface area contributed by atoms with Crippen molar-refractivity contribution in [3.63, 3.8) is 0 Å². The molecule has 0 saturated heterocycles. The van der Waals surface area contributed by atoms with Crippen LogP contribution in [0.15, 0.2) is 60.7 Å². The molecule has 2 rings (SSSR count). The summed E-state index contributed by atoms with van der Waals surface area (Å²) in [6.45, 7) is 1.83. The Morgan fingerprint density at radius 1 is 0.905 bits per heavy atom. The van der Waals surface area contributed by atoms with E-state index in [4.69, 9.17) is 4.74 Å². The van der Waals surface area contributed by atoms with E-state index < -0.39 is 0 Å². The summed E-state index contributed by atoms with van der Waals surface area (Å²) in [7, 11) is 0. The highest BCUT2D eigenvalue weighted by Crippen LogP contribution is 2.17. The van der Waals surface area contributed by atoms with E-state index in [1.807, 2.05) is 55.5 Å². The molecular weight excluding hydrogens is 264 g/mol. The van der Waals surface area contributed by atoms with E-state index in [1.165, 1.54) is 0 Å². The Hall–Kier alpha value is -2.42. The van der Waals surface area contributed by atoms with E-state index in [0.717, 1.165) is 5.56 Å². The number of hydrogen-bond acceptors (Lipinski definition) is 3. The van der Waals surface area contributed by atoms with Gasteiger partial charge < -0.3 is 4.74 Å². The normalized spacial score (nSPS) is 11.7. The summed E-state index contributed by atoms with van der Waals surface area (Å²) >= 11 is 0. The fourth-order valence-corrected chi connectivity index (χ4v) is 2.03. The van der Waals surface area contributed by atoms with Crippen molar-refractivity contribution in [1.82, 2.24) is 0 Å². The number of hydrogen-bond donors (Lipinski definition) is 0. The Kier molecular flexibility index (Phi) is 5.27. The maximum Gasteiger partial charge on any atom is 0.306 e. The van der Waals surface area contributed by atoms with Gasteiger partial charge in [-0.15, -0.1) is 0 Å².